The minimum absolute atomic E-state index is 0.0574. The molecule has 1 aromatic carbocycles. The van der Waals surface area contributed by atoms with Crippen LogP contribution in [0.1, 0.15) is 13.3 Å². The second-order valence-electron chi connectivity index (χ2n) is 6.68. The summed E-state index contributed by atoms with van der Waals surface area (Å²) in [5, 5.41) is 2.65. The summed E-state index contributed by atoms with van der Waals surface area (Å²) < 4.78 is 62.4. The first-order chi connectivity index (χ1) is 14.2. The predicted molar refractivity (Wildman–Crippen MR) is 112 cm³/mol. The van der Waals surface area contributed by atoms with Crippen LogP contribution in [0, 0.1) is 0 Å². The van der Waals surface area contributed by atoms with Crippen LogP contribution in [0.3, 0.4) is 0 Å². The number of rotatable bonds is 11. The zero-order valence-electron chi connectivity index (χ0n) is 17.2. The van der Waals surface area contributed by atoms with Gasteiger partial charge in [0.25, 0.3) is 0 Å². The number of amides is 1. The molecule has 170 valence electrons. The molecule has 1 amide bonds. The summed E-state index contributed by atoms with van der Waals surface area (Å²) in [6.07, 6.45) is 1.61. The first-order valence-corrected chi connectivity index (χ1v) is 12.9. The van der Waals surface area contributed by atoms with Crippen LogP contribution in [0.2, 0.25) is 0 Å². The molecule has 0 aromatic heterocycles. The third-order valence-corrected chi connectivity index (χ3v) is 7.47. The normalized spacial score (nSPS) is 15.7. The molecule has 0 atom stereocenters. The molecule has 0 bridgehead atoms. The average molecular weight is 464 g/mol. The molecule has 0 aliphatic carbocycles. The van der Waals surface area contributed by atoms with E-state index < -0.39 is 32.5 Å². The number of anilines is 1. The van der Waals surface area contributed by atoms with Crippen molar-refractivity contribution in [2.24, 2.45) is 0 Å². The highest BCUT2D eigenvalue weighted by molar-refractivity contribution is 7.92. The van der Waals surface area contributed by atoms with Crippen LogP contribution < -0.4 is 9.62 Å². The number of sulfonamides is 2. The molecule has 0 unspecified atom stereocenters. The van der Waals surface area contributed by atoms with Crippen LogP contribution in [0.5, 0.6) is 0 Å². The Morgan fingerprint density at radius 2 is 1.80 bits per heavy atom. The van der Waals surface area contributed by atoms with Gasteiger partial charge in [-0.3, -0.25) is 9.10 Å². The lowest BCUT2D eigenvalue weighted by molar-refractivity contribution is -0.119. The smallest absolute Gasteiger partial charge is 0.243 e. The summed E-state index contributed by atoms with van der Waals surface area (Å²) in [5.74, 6) is -0.457. The highest BCUT2D eigenvalue weighted by Gasteiger charge is 2.27. The Balaban J connectivity index is 2.08. The lowest BCUT2D eigenvalue weighted by atomic mass is 10.3. The van der Waals surface area contributed by atoms with Crippen LogP contribution in [0.25, 0.3) is 0 Å². The lowest BCUT2D eigenvalue weighted by Gasteiger charge is -2.26. The van der Waals surface area contributed by atoms with E-state index in [0.29, 0.717) is 39.4 Å². The fourth-order valence-electron chi connectivity index (χ4n) is 2.85. The van der Waals surface area contributed by atoms with Gasteiger partial charge in [-0.1, -0.05) is 0 Å². The maximum atomic E-state index is 12.7. The molecule has 10 nitrogen and oxygen atoms in total. The number of nitrogens with zero attached hydrogens (tertiary/aromatic N) is 2. The van der Waals surface area contributed by atoms with Crippen LogP contribution in [-0.4, -0.2) is 85.9 Å². The molecule has 0 saturated carbocycles. The summed E-state index contributed by atoms with van der Waals surface area (Å²) in [4.78, 5) is 12.2. The van der Waals surface area contributed by atoms with Gasteiger partial charge in [0, 0.05) is 32.8 Å². The van der Waals surface area contributed by atoms with Crippen molar-refractivity contribution >= 4 is 31.6 Å². The molecule has 1 N–H and O–H groups in total. The maximum absolute atomic E-state index is 12.7. The summed E-state index contributed by atoms with van der Waals surface area (Å²) in [5.41, 5.74) is 0.211. The number of nitrogens with one attached hydrogen (secondary N) is 1. The second kappa shape index (κ2) is 11.0. The molecule has 12 heteroatoms. The van der Waals surface area contributed by atoms with Crippen molar-refractivity contribution in [1.82, 2.24) is 9.62 Å². The van der Waals surface area contributed by atoms with E-state index in [-0.39, 0.29) is 23.7 Å². The molecule has 1 heterocycles. The average Bonchev–Trinajstić information content (AvgIpc) is 2.72. The quantitative estimate of drug-likeness (QED) is 0.459. The Morgan fingerprint density at radius 1 is 1.17 bits per heavy atom. The molecular weight excluding hydrogens is 434 g/mol. The number of ether oxygens (including phenoxy) is 2. The van der Waals surface area contributed by atoms with E-state index in [1.807, 2.05) is 6.92 Å². The number of morpholine rings is 1. The van der Waals surface area contributed by atoms with E-state index in [4.69, 9.17) is 9.47 Å². The van der Waals surface area contributed by atoms with E-state index in [9.17, 15) is 21.6 Å². The monoisotopic (exact) mass is 463 g/mol. The standard InChI is InChI=1S/C18H29N3O7S2/c1-3-27-12-4-9-19-18(22)15-21(29(2,23)24)16-5-7-17(8-6-16)30(25,26)20-10-13-28-14-11-20/h5-8H,3-4,9-15H2,1-2H3,(H,19,22). The first kappa shape index (κ1) is 24.5. The Morgan fingerprint density at radius 3 is 2.37 bits per heavy atom. The Hall–Kier alpha value is -1.73. The van der Waals surface area contributed by atoms with Gasteiger partial charge >= 0.3 is 0 Å². The fraction of sp³-hybridized carbons (Fsp3) is 0.611. The topological polar surface area (TPSA) is 122 Å². The maximum Gasteiger partial charge on any atom is 0.243 e. The third kappa shape index (κ3) is 6.91. The molecule has 1 fully saturated rings. The predicted octanol–water partition coefficient (Wildman–Crippen LogP) is 0.0163. The summed E-state index contributed by atoms with van der Waals surface area (Å²) in [7, 11) is -7.44. The van der Waals surface area contributed by atoms with E-state index in [1.165, 1.54) is 28.6 Å². The van der Waals surface area contributed by atoms with E-state index >= 15 is 0 Å². The number of carbonyl (C=O) groups is 1. The van der Waals surface area contributed by atoms with Gasteiger partial charge in [-0.05, 0) is 37.6 Å². The zero-order chi connectivity index (χ0) is 22.2. The summed E-state index contributed by atoms with van der Waals surface area (Å²) in [6.45, 7) is 4.14. The minimum atomic E-state index is -3.75. The third-order valence-electron chi connectivity index (χ3n) is 4.41. The molecule has 2 rings (SSSR count). The van der Waals surface area contributed by atoms with Gasteiger partial charge in [-0.15, -0.1) is 0 Å². The highest BCUT2D eigenvalue weighted by Crippen LogP contribution is 2.23. The van der Waals surface area contributed by atoms with Gasteiger partial charge in [0.15, 0.2) is 0 Å². The fourth-order valence-corrected chi connectivity index (χ4v) is 5.12. The highest BCUT2D eigenvalue weighted by atomic mass is 32.2. The van der Waals surface area contributed by atoms with Crippen LogP contribution in [-0.2, 0) is 34.3 Å². The molecule has 0 radical (unpaired) electrons. The van der Waals surface area contributed by atoms with Crippen molar-refractivity contribution in [2.75, 3.05) is 63.2 Å². The van der Waals surface area contributed by atoms with Crippen LogP contribution in [0.4, 0.5) is 5.69 Å². The Labute approximate surface area is 178 Å². The molecule has 0 spiro atoms. The molecule has 1 aliphatic heterocycles. The zero-order valence-corrected chi connectivity index (χ0v) is 18.9. The molecular formula is C18H29N3O7S2. The largest absolute Gasteiger partial charge is 0.382 e. The van der Waals surface area contributed by atoms with E-state index in [1.54, 1.807) is 0 Å². The van der Waals surface area contributed by atoms with Crippen LogP contribution in [0.15, 0.2) is 29.2 Å². The van der Waals surface area contributed by atoms with Crippen molar-refractivity contribution < 1.29 is 31.1 Å². The van der Waals surface area contributed by atoms with Crippen LogP contribution >= 0.6 is 0 Å². The summed E-state index contributed by atoms with van der Waals surface area (Å²) in [6, 6.07) is 5.46. The van der Waals surface area contributed by atoms with Crippen molar-refractivity contribution in [2.45, 2.75) is 18.2 Å². The number of hydrogen-bond acceptors (Lipinski definition) is 7. The van der Waals surface area contributed by atoms with Crippen molar-refractivity contribution in [1.29, 1.82) is 0 Å². The van der Waals surface area contributed by atoms with Gasteiger partial charge in [0.1, 0.15) is 6.54 Å². The number of carbonyl (C=O) groups excluding carboxylic acids is 1. The van der Waals surface area contributed by atoms with Crippen molar-refractivity contribution in [3.8, 4) is 0 Å². The van der Waals surface area contributed by atoms with Gasteiger partial charge in [-0.2, -0.15) is 4.31 Å². The van der Waals surface area contributed by atoms with Gasteiger partial charge in [0.2, 0.25) is 26.0 Å². The molecule has 1 aromatic rings. The lowest BCUT2D eigenvalue weighted by Crippen LogP contribution is -2.41. The Bertz CT molecular complexity index is 896. The number of benzene rings is 1. The van der Waals surface area contributed by atoms with E-state index in [0.717, 1.165) is 10.6 Å². The van der Waals surface area contributed by atoms with Crippen molar-refractivity contribution in [3.63, 3.8) is 0 Å². The second-order valence-corrected chi connectivity index (χ2v) is 10.5. The first-order valence-electron chi connectivity index (χ1n) is 9.66. The SMILES string of the molecule is CCOCCCNC(=O)CN(c1ccc(S(=O)(=O)N2CCOCC2)cc1)S(C)(=O)=O. The molecule has 1 saturated heterocycles. The minimum Gasteiger partial charge on any atom is -0.382 e. The van der Waals surface area contributed by atoms with Gasteiger partial charge < -0.3 is 14.8 Å². The molecule has 30 heavy (non-hydrogen) atoms. The number of hydrogen-bond donors (Lipinski definition) is 1. The van der Waals surface area contributed by atoms with E-state index in [2.05, 4.69) is 5.32 Å². The van der Waals surface area contributed by atoms with Crippen molar-refractivity contribution in [3.05, 3.63) is 24.3 Å². The van der Waals surface area contributed by atoms with Gasteiger partial charge in [0.05, 0.1) is 30.1 Å². The Kier molecular flexibility index (Phi) is 9.04. The molecule has 1 aliphatic rings. The summed E-state index contributed by atoms with van der Waals surface area (Å²) >= 11 is 0. The van der Waals surface area contributed by atoms with Gasteiger partial charge in [-0.25, -0.2) is 16.8 Å².